The summed E-state index contributed by atoms with van der Waals surface area (Å²) in [4.78, 5) is 8.16. The molecule has 0 saturated carbocycles. The molecule has 27 heavy (non-hydrogen) atoms. The van der Waals surface area contributed by atoms with Crippen LogP contribution in [0.1, 0.15) is 16.7 Å². The van der Waals surface area contributed by atoms with Gasteiger partial charge in [-0.2, -0.15) is 8.78 Å². The van der Waals surface area contributed by atoms with Crippen LogP contribution in [-0.2, 0) is 13.0 Å². The predicted molar refractivity (Wildman–Crippen MR) is 114 cm³/mol. The fourth-order valence-corrected chi connectivity index (χ4v) is 2.45. The largest absolute Gasteiger partial charge is 0.434 e. The highest BCUT2D eigenvalue weighted by molar-refractivity contribution is 14.0. The van der Waals surface area contributed by atoms with Gasteiger partial charge < -0.3 is 15.4 Å². The maximum atomic E-state index is 12.5. The van der Waals surface area contributed by atoms with Crippen molar-refractivity contribution >= 4 is 41.5 Å². The molecule has 1 aromatic carbocycles. The van der Waals surface area contributed by atoms with Crippen molar-refractivity contribution in [2.45, 2.75) is 26.5 Å². The number of ether oxygens (including phenoxy) is 1. The van der Waals surface area contributed by atoms with Gasteiger partial charge in [0.1, 0.15) is 10.9 Å². The normalized spacial score (nSPS) is 11.1. The van der Waals surface area contributed by atoms with Gasteiger partial charge in [-0.05, 0) is 31.0 Å². The van der Waals surface area contributed by atoms with Crippen LogP contribution in [0.2, 0.25) is 5.15 Å². The molecule has 0 unspecified atom stereocenters. The minimum absolute atomic E-state index is 0. The van der Waals surface area contributed by atoms with Gasteiger partial charge in [-0.1, -0.05) is 35.4 Å². The summed E-state index contributed by atoms with van der Waals surface area (Å²) in [5.74, 6) is 0.720. The molecule has 0 amide bonds. The molecular weight excluding hydrogens is 489 g/mol. The lowest BCUT2D eigenvalue weighted by Crippen LogP contribution is -2.38. The molecule has 0 radical (unpaired) electrons. The van der Waals surface area contributed by atoms with Crippen molar-refractivity contribution in [3.8, 4) is 5.75 Å². The highest BCUT2D eigenvalue weighted by Crippen LogP contribution is 2.21. The second kappa shape index (κ2) is 11.9. The second-order valence-electron chi connectivity index (χ2n) is 5.58. The molecule has 0 atom stereocenters. The molecule has 1 heterocycles. The van der Waals surface area contributed by atoms with E-state index < -0.39 is 6.61 Å². The molecule has 5 nitrogen and oxygen atoms in total. The molecule has 0 spiro atoms. The molecule has 2 aromatic rings. The smallest absolute Gasteiger partial charge is 0.387 e. The van der Waals surface area contributed by atoms with Crippen molar-refractivity contribution < 1.29 is 13.5 Å². The number of aryl methyl sites for hydroxylation is 1. The molecule has 0 aliphatic rings. The van der Waals surface area contributed by atoms with Gasteiger partial charge in [-0.3, -0.25) is 4.99 Å². The highest BCUT2D eigenvalue weighted by Gasteiger charge is 2.10. The van der Waals surface area contributed by atoms with Crippen LogP contribution in [0.3, 0.4) is 0 Å². The minimum Gasteiger partial charge on any atom is -0.434 e. The van der Waals surface area contributed by atoms with Crippen LogP contribution in [0, 0.1) is 6.92 Å². The number of aliphatic imine (C=N–C) groups is 1. The van der Waals surface area contributed by atoms with E-state index in [9.17, 15) is 8.78 Å². The average molecular weight is 511 g/mol. The van der Waals surface area contributed by atoms with Gasteiger partial charge in [0, 0.05) is 31.9 Å². The Morgan fingerprint density at radius 2 is 2.04 bits per heavy atom. The van der Waals surface area contributed by atoms with Crippen molar-refractivity contribution in [1.82, 2.24) is 15.6 Å². The van der Waals surface area contributed by atoms with Gasteiger partial charge in [0.2, 0.25) is 0 Å². The van der Waals surface area contributed by atoms with Gasteiger partial charge >= 0.3 is 6.61 Å². The number of rotatable bonds is 7. The SMILES string of the molecule is CN=C(NCCc1ccc(Cl)nc1)NCc1cc(C)ccc1OC(F)F.I. The van der Waals surface area contributed by atoms with Gasteiger partial charge in [0.05, 0.1) is 0 Å². The highest BCUT2D eigenvalue weighted by atomic mass is 127. The average Bonchev–Trinajstić information content (AvgIpc) is 2.61. The summed E-state index contributed by atoms with van der Waals surface area (Å²) in [6.45, 7) is -0.0201. The van der Waals surface area contributed by atoms with Crippen molar-refractivity contribution in [2.75, 3.05) is 13.6 Å². The molecule has 148 valence electrons. The second-order valence-corrected chi connectivity index (χ2v) is 5.97. The Morgan fingerprint density at radius 3 is 2.67 bits per heavy atom. The zero-order chi connectivity index (χ0) is 18.9. The summed E-state index contributed by atoms with van der Waals surface area (Å²) in [7, 11) is 1.64. The van der Waals surface area contributed by atoms with E-state index in [2.05, 4.69) is 25.3 Å². The number of aromatic nitrogens is 1. The Bertz CT molecular complexity index is 745. The number of nitrogens with one attached hydrogen (secondary N) is 2. The van der Waals surface area contributed by atoms with Crippen LogP contribution in [0.15, 0.2) is 41.5 Å². The van der Waals surface area contributed by atoms with Crippen LogP contribution >= 0.6 is 35.6 Å². The van der Waals surface area contributed by atoms with Crippen LogP contribution in [-0.4, -0.2) is 31.1 Å². The molecule has 1 aromatic heterocycles. The molecule has 2 rings (SSSR count). The van der Waals surface area contributed by atoms with Crippen molar-refractivity contribution in [1.29, 1.82) is 0 Å². The van der Waals surface area contributed by atoms with Gasteiger partial charge in [0.25, 0.3) is 0 Å². The quantitative estimate of drug-likeness (QED) is 0.254. The fourth-order valence-electron chi connectivity index (χ4n) is 2.34. The third kappa shape index (κ3) is 8.25. The van der Waals surface area contributed by atoms with Crippen LogP contribution in [0.5, 0.6) is 5.75 Å². The Morgan fingerprint density at radius 1 is 1.26 bits per heavy atom. The van der Waals surface area contributed by atoms with Crippen LogP contribution in [0.25, 0.3) is 0 Å². The number of benzene rings is 1. The summed E-state index contributed by atoms with van der Waals surface area (Å²) >= 11 is 5.76. The Kier molecular flexibility index (Phi) is 10.3. The number of nitrogens with zero attached hydrogens (tertiary/aromatic N) is 2. The molecule has 0 fully saturated rings. The zero-order valence-corrected chi connectivity index (χ0v) is 18.1. The first kappa shape index (κ1) is 23.4. The fraction of sp³-hybridized carbons (Fsp3) is 0.333. The van der Waals surface area contributed by atoms with E-state index in [1.807, 2.05) is 13.0 Å². The number of hydrogen-bond donors (Lipinski definition) is 2. The van der Waals surface area contributed by atoms with Crippen LogP contribution in [0.4, 0.5) is 8.78 Å². The first-order chi connectivity index (χ1) is 12.5. The minimum atomic E-state index is -2.86. The van der Waals surface area contributed by atoms with Crippen molar-refractivity contribution in [2.24, 2.45) is 4.99 Å². The van der Waals surface area contributed by atoms with E-state index in [-0.39, 0.29) is 29.7 Å². The van der Waals surface area contributed by atoms with Gasteiger partial charge in [-0.15, -0.1) is 24.0 Å². The van der Waals surface area contributed by atoms with E-state index in [1.165, 1.54) is 0 Å². The zero-order valence-electron chi connectivity index (χ0n) is 15.0. The third-order valence-corrected chi connectivity index (χ3v) is 3.82. The first-order valence-corrected chi connectivity index (χ1v) is 8.45. The van der Waals surface area contributed by atoms with Crippen LogP contribution < -0.4 is 15.4 Å². The Balaban J connectivity index is 0.00000364. The maximum absolute atomic E-state index is 12.5. The Labute approximate surface area is 179 Å². The first-order valence-electron chi connectivity index (χ1n) is 8.07. The molecule has 9 heteroatoms. The summed E-state index contributed by atoms with van der Waals surface area (Å²) in [6.07, 6.45) is 2.47. The monoisotopic (exact) mass is 510 g/mol. The number of hydrogen-bond acceptors (Lipinski definition) is 3. The van der Waals surface area contributed by atoms with E-state index in [4.69, 9.17) is 11.6 Å². The number of halogens is 4. The summed E-state index contributed by atoms with van der Waals surface area (Å²) in [6, 6.07) is 8.73. The predicted octanol–water partition coefficient (Wildman–Crippen LogP) is 4.17. The van der Waals surface area contributed by atoms with Gasteiger partial charge in [0.15, 0.2) is 5.96 Å². The van der Waals surface area contributed by atoms with E-state index in [0.717, 1.165) is 17.5 Å². The van der Waals surface area contributed by atoms with Crippen molar-refractivity contribution in [3.63, 3.8) is 0 Å². The summed E-state index contributed by atoms with van der Waals surface area (Å²) in [5.41, 5.74) is 2.64. The van der Waals surface area contributed by atoms with Crippen molar-refractivity contribution in [3.05, 3.63) is 58.4 Å². The molecule has 0 bridgehead atoms. The lowest BCUT2D eigenvalue weighted by atomic mass is 10.1. The van der Waals surface area contributed by atoms with Gasteiger partial charge in [-0.25, -0.2) is 4.98 Å². The standard InChI is InChI=1S/C18H21ClF2N4O.HI/c1-12-3-5-15(26-17(20)21)14(9-12)11-25-18(22-2)23-8-7-13-4-6-16(19)24-10-13;/h3-6,9-10,17H,7-8,11H2,1-2H3,(H2,22,23,25);1H. The number of guanidine groups is 1. The van der Waals surface area contributed by atoms with E-state index in [1.54, 1.807) is 37.5 Å². The molecule has 0 saturated heterocycles. The summed E-state index contributed by atoms with van der Waals surface area (Å²) < 4.78 is 29.6. The van der Waals surface area contributed by atoms with E-state index in [0.29, 0.717) is 29.8 Å². The molecular formula is C18H22ClF2IN4O. The lowest BCUT2D eigenvalue weighted by Gasteiger charge is -2.15. The summed E-state index contributed by atoms with van der Waals surface area (Å²) in [5, 5.41) is 6.72. The third-order valence-electron chi connectivity index (χ3n) is 3.60. The van der Waals surface area contributed by atoms with E-state index >= 15 is 0 Å². The lowest BCUT2D eigenvalue weighted by molar-refractivity contribution is -0.0504. The maximum Gasteiger partial charge on any atom is 0.387 e. The molecule has 0 aliphatic heterocycles. The topological polar surface area (TPSA) is 58.5 Å². The number of pyridine rings is 1. The Hall–Kier alpha value is -1.68. The molecule has 2 N–H and O–H groups in total. The molecule has 0 aliphatic carbocycles. The number of alkyl halides is 2.